The maximum atomic E-state index is 12.7. The highest BCUT2D eigenvalue weighted by molar-refractivity contribution is 7.07. The van der Waals surface area contributed by atoms with Crippen LogP contribution in [0.4, 0.5) is 0 Å². The predicted octanol–water partition coefficient (Wildman–Crippen LogP) is 3.33. The Morgan fingerprint density at radius 2 is 2.30 bits per heavy atom. The van der Waals surface area contributed by atoms with Crippen LogP contribution in [0.25, 0.3) is 0 Å². The SMILES string of the molecule is O=C(c1cc(C2CC2)[nH]n1)N1CCCC1c1ccsc1. The van der Waals surface area contributed by atoms with E-state index in [-0.39, 0.29) is 11.9 Å². The lowest BCUT2D eigenvalue weighted by Gasteiger charge is -2.23. The molecule has 3 heterocycles. The number of hydrogen-bond donors (Lipinski definition) is 1. The minimum Gasteiger partial charge on any atom is -0.330 e. The smallest absolute Gasteiger partial charge is 0.274 e. The van der Waals surface area contributed by atoms with Crippen molar-refractivity contribution in [3.05, 3.63) is 39.8 Å². The summed E-state index contributed by atoms with van der Waals surface area (Å²) in [7, 11) is 0. The van der Waals surface area contributed by atoms with Gasteiger partial charge in [0.1, 0.15) is 5.69 Å². The molecule has 4 rings (SSSR count). The highest BCUT2D eigenvalue weighted by Gasteiger charge is 2.33. The Labute approximate surface area is 121 Å². The molecule has 20 heavy (non-hydrogen) atoms. The first kappa shape index (κ1) is 12.1. The van der Waals surface area contributed by atoms with Crippen molar-refractivity contribution in [2.45, 2.75) is 37.6 Å². The van der Waals surface area contributed by atoms with Gasteiger partial charge >= 0.3 is 0 Å². The maximum absolute atomic E-state index is 12.7. The Hall–Kier alpha value is -1.62. The van der Waals surface area contributed by atoms with Crippen LogP contribution in [0.15, 0.2) is 22.9 Å². The second-order valence-electron chi connectivity index (χ2n) is 5.70. The van der Waals surface area contributed by atoms with Crippen LogP contribution in [-0.4, -0.2) is 27.5 Å². The molecule has 1 aliphatic carbocycles. The molecule has 1 atom stereocenters. The summed E-state index contributed by atoms with van der Waals surface area (Å²) in [5, 5.41) is 11.5. The van der Waals surface area contributed by atoms with E-state index in [0.29, 0.717) is 11.6 Å². The number of thiophene rings is 1. The van der Waals surface area contributed by atoms with Crippen LogP contribution in [0.1, 0.15) is 59.4 Å². The molecule has 1 saturated carbocycles. The first-order valence-corrected chi connectivity index (χ1v) is 8.15. The number of aromatic amines is 1. The van der Waals surface area contributed by atoms with Gasteiger partial charge in [0.2, 0.25) is 0 Å². The van der Waals surface area contributed by atoms with E-state index in [4.69, 9.17) is 0 Å². The summed E-state index contributed by atoms with van der Waals surface area (Å²) in [6, 6.07) is 4.30. The molecule has 104 valence electrons. The fourth-order valence-corrected chi connectivity index (χ4v) is 3.72. The fraction of sp³-hybridized carbons (Fsp3) is 0.467. The fourth-order valence-electron chi connectivity index (χ4n) is 3.02. The van der Waals surface area contributed by atoms with Gasteiger partial charge in [0.05, 0.1) is 6.04 Å². The zero-order valence-corrected chi connectivity index (χ0v) is 12.0. The monoisotopic (exact) mass is 287 g/mol. The lowest BCUT2D eigenvalue weighted by Crippen LogP contribution is -2.30. The summed E-state index contributed by atoms with van der Waals surface area (Å²) in [6.07, 6.45) is 4.57. The van der Waals surface area contributed by atoms with Gasteiger partial charge in [0.15, 0.2) is 0 Å². The van der Waals surface area contributed by atoms with Gasteiger partial charge in [-0.2, -0.15) is 16.4 Å². The Morgan fingerprint density at radius 3 is 3.05 bits per heavy atom. The minimum absolute atomic E-state index is 0.0712. The summed E-state index contributed by atoms with van der Waals surface area (Å²) in [5.74, 6) is 0.678. The molecule has 1 aliphatic heterocycles. The Bertz CT molecular complexity index is 615. The molecule has 1 amide bonds. The predicted molar refractivity (Wildman–Crippen MR) is 77.9 cm³/mol. The summed E-state index contributed by atoms with van der Waals surface area (Å²) >= 11 is 1.69. The second kappa shape index (κ2) is 4.74. The summed E-state index contributed by atoms with van der Waals surface area (Å²) < 4.78 is 0. The molecular weight excluding hydrogens is 270 g/mol. The number of H-pyrrole nitrogens is 1. The Kier molecular flexibility index (Phi) is 2.88. The summed E-state index contributed by atoms with van der Waals surface area (Å²) in [5.41, 5.74) is 2.97. The average molecular weight is 287 g/mol. The minimum atomic E-state index is 0.0712. The molecule has 1 saturated heterocycles. The van der Waals surface area contributed by atoms with Crippen molar-refractivity contribution in [1.29, 1.82) is 0 Å². The van der Waals surface area contributed by atoms with Gasteiger partial charge in [0.25, 0.3) is 5.91 Å². The van der Waals surface area contributed by atoms with Gasteiger partial charge in [-0.25, -0.2) is 0 Å². The summed E-state index contributed by atoms with van der Waals surface area (Å²) in [6.45, 7) is 0.838. The number of aromatic nitrogens is 2. The lowest BCUT2D eigenvalue weighted by molar-refractivity contribution is 0.0730. The van der Waals surface area contributed by atoms with E-state index in [2.05, 4.69) is 27.0 Å². The van der Waals surface area contributed by atoms with Gasteiger partial charge in [0, 0.05) is 18.2 Å². The van der Waals surface area contributed by atoms with Gasteiger partial charge < -0.3 is 4.90 Å². The molecule has 0 spiro atoms. The average Bonchev–Trinajstić information content (AvgIpc) is 2.96. The van der Waals surface area contributed by atoms with Crippen molar-refractivity contribution in [2.75, 3.05) is 6.54 Å². The van der Waals surface area contributed by atoms with E-state index >= 15 is 0 Å². The van der Waals surface area contributed by atoms with Crippen molar-refractivity contribution in [3.63, 3.8) is 0 Å². The van der Waals surface area contributed by atoms with Crippen molar-refractivity contribution in [1.82, 2.24) is 15.1 Å². The maximum Gasteiger partial charge on any atom is 0.274 e. The molecule has 2 aromatic rings. The van der Waals surface area contributed by atoms with Gasteiger partial charge in [-0.15, -0.1) is 0 Å². The highest BCUT2D eigenvalue weighted by Crippen LogP contribution is 2.39. The highest BCUT2D eigenvalue weighted by atomic mass is 32.1. The third-order valence-corrected chi connectivity index (χ3v) is 4.98. The quantitative estimate of drug-likeness (QED) is 0.941. The van der Waals surface area contributed by atoms with E-state index in [1.807, 2.05) is 11.0 Å². The number of carbonyl (C=O) groups excluding carboxylic acids is 1. The number of nitrogens with one attached hydrogen (secondary N) is 1. The zero-order chi connectivity index (χ0) is 13.5. The third-order valence-electron chi connectivity index (χ3n) is 4.28. The second-order valence-corrected chi connectivity index (χ2v) is 6.48. The van der Waals surface area contributed by atoms with Crippen LogP contribution >= 0.6 is 11.3 Å². The van der Waals surface area contributed by atoms with Crippen molar-refractivity contribution >= 4 is 17.2 Å². The number of amides is 1. The number of carbonyl (C=O) groups is 1. The molecule has 0 radical (unpaired) electrons. The van der Waals surface area contributed by atoms with Crippen LogP contribution in [0.3, 0.4) is 0 Å². The van der Waals surface area contributed by atoms with Crippen LogP contribution in [0.5, 0.6) is 0 Å². The van der Waals surface area contributed by atoms with Crippen LogP contribution in [0.2, 0.25) is 0 Å². The van der Waals surface area contributed by atoms with E-state index < -0.39 is 0 Å². The van der Waals surface area contributed by atoms with Crippen molar-refractivity contribution in [2.24, 2.45) is 0 Å². The van der Waals surface area contributed by atoms with Gasteiger partial charge in [-0.05, 0) is 54.1 Å². The molecule has 5 heteroatoms. The largest absolute Gasteiger partial charge is 0.330 e. The van der Waals surface area contributed by atoms with E-state index in [9.17, 15) is 4.79 Å². The molecule has 2 fully saturated rings. The molecule has 1 N–H and O–H groups in total. The van der Waals surface area contributed by atoms with E-state index in [1.165, 1.54) is 18.4 Å². The van der Waals surface area contributed by atoms with Crippen molar-refractivity contribution < 1.29 is 4.79 Å². The molecule has 2 aliphatic rings. The van der Waals surface area contributed by atoms with E-state index in [0.717, 1.165) is 25.1 Å². The van der Waals surface area contributed by atoms with E-state index in [1.54, 1.807) is 11.3 Å². The lowest BCUT2D eigenvalue weighted by atomic mass is 10.1. The normalized spacial score (nSPS) is 22.4. The Morgan fingerprint density at radius 1 is 1.40 bits per heavy atom. The first-order valence-electron chi connectivity index (χ1n) is 7.21. The Balaban J connectivity index is 1.57. The number of nitrogens with zero attached hydrogens (tertiary/aromatic N) is 2. The third kappa shape index (κ3) is 2.06. The number of likely N-dealkylation sites (tertiary alicyclic amines) is 1. The van der Waals surface area contributed by atoms with Crippen LogP contribution in [0, 0.1) is 0 Å². The molecular formula is C15H17N3OS. The number of hydrogen-bond acceptors (Lipinski definition) is 3. The van der Waals surface area contributed by atoms with Gasteiger partial charge in [-0.1, -0.05) is 0 Å². The summed E-state index contributed by atoms with van der Waals surface area (Å²) in [4.78, 5) is 14.6. The first-order chi connectivity index (χ1) is 9.83. The molecule has 0 bridgehead atoms. The van der Waals surface area contributed by atoms with Crippen molar-refractivity contribution in [3.8, 4) is 0 Å². The molecule has 1 unspecified atom stereocenters. The van der Waals surface area contributed by atoms with Gasteiger partial charge in [-0.3, -0.25) is 9.89 Å². The standard InChI is InChI=1S/C15H17N3OS/c19-15(13-8-12(16-17-13)10-3-4-10)18-6-1-2-14(18)11-5-7-20-9-11/h5,7-10,14H,1-4,6H2,(H,16,17). The number of rotatable bonds is 3. The molecule has 4 nitrogen and oxygen atoms in total. The van der Waals surface area contributed by atoms with Crippen LogP contribution < -0.4 is 0 Å². The molecule has 0 aromatic carbocycles. The molecule has 2 aromatic heterocycles. The van der Waals surface area contributed by atoms with Crippen LogP contribution in [-0.2, 0) is 0 Å². The zero-order valence-electron chi connectivity index (χ0n) is 11.2. The topological polar surface area (TPSA) is 49.0 Å².